The van der Waals surface area contributed by atoms with Crippen LogP contribution in [-0.4, -0.2) is 23.2 Å². The summed E-state index contributed by atoms with van der Waals surface area (Å²) in [6, 6.07) is 10.2. The summed E-state index contributed by atoms with van der Waals surface area (Å²) < 4.78 is 0. The molecule has 2 rings (SSSR count). The van der Waals surface area contributed by atoms with Gasteiger partial charge in [0.2, 0.25) is 0 Å². The number of benzene rings is 1. The monoisotopic (exact) mass is 234 g/mol. The highest BCUT2D eigenvalue weighted by Crippen LogP contribution is 2.25. The highest BCUT2D eigenvalue weighted by molar-refractivity contribution is 7.15. The summed E-state index contributed by atoms with van der Waals surface area (Å²) in [5.41, 5.74) is 1.20. The molecule has 0 fully saturated rings. The van der Waals surface area contributed by atoms with E-state index in [-0.39, 0.29) is 6.61 Å². The van der Waals surface area contributed by atoms with Crippen molar-refractivity contribution in [2.45, 2.75) is 6.54 Å². The van der Waals surface area contributed by atoms with Gasteiger partial charge in [0, 0.05) is 19.3 Å². The van der Waals surface area contributed by atoms with Crippen molar-refractivity contribution in [3.63, 3.8) is 0 Å². The molecule has 16 heavy (non-hydrogen) atoms. The van der Waals surface area contributed by atoms with E-state index in [1.807, 2.05) is 24.4 Å². The number of hydrogen-bond donors (Lipinski definition) is 2. The van der Waals surface area contributed by atoms with Crippen LogP contribution >= 0.6 is 11.3 Å². The van der Waals surface area contributed by atoms with Gasteiger partial charge in [0.25, 0.3) is 0 Å². The molecule has 0 aliphatic heterocycles. The molecule has 0 aliphatic carbocycles. The number of aromatic nitrogens is 1. The molecule has 0 amide bonds. The third-order valence-corrected chi connectivity index (χ3v) is 3.22. The maximum atomic E-state index is 8.65. The Morgan fingerprint density at radius 1 is 1.25 bits per heavy atom. The third-order valence-electron chi connectivity index (χ3n) is 2.18. The smallest absolute Gasteiger partial charge is 0.107 e. The zero-order valence-corrected chi connectivity index (χ0v) is 9.70. The second-order valence-corrected chi connectivity index (χ2v) is 4.50. The molecule has 0 saturated carbocycles. The zero-order chi connectivity index (χ0) is 11.2. The van der Waals surface area contributed by atoms with E-state index < -0.39 is 0 Å². The second-order valence-electron chi connectivity index (χ2n) is 3.38. The van der Waals surface area contributed by atoms with Gasteiger partial charge in [-0.1, -0.05) is 30.3 Å². The lowest BCUT2D eigenvalue weighted by Crippen LogP contribution is -2.17. The first-order chi connectivity index (χ1) is 7.90. The number of hydrogen-bond acceptors (Lipinski definition) is 4. The van der Waals surface area contributed by atoms with Crippen molar-refractivity contribution < 1.29 is 5.11 Å². The summed E-state index contributed by atoms with van der Waals surface area (Å²) in [6.07, 6.45) is 1.90. The van der Waals surface area contributed by atoms with Crippen LogP contribution in [0, 0.1) is 0 Å². The molecule has 0 unspecified atom stereocenters. The van der Waals surface area contributed by atoms with Crippen LogP contribution in [0.1, 0.15) is 5.01 Å². The van der Waals surface area contributed by atoms with Crippen LogP contribution in [0.2, 0.25) is 0 Å². The molecule has 0 atom stereocenters. The molecule has 0 aliphatic rings. The van der Waals surface area contributed by atoms with E-state index in [2.05, 4.69) is 22.4 Å². The minimum Gasteiger partial charge on any atom is -0.395 e. The molecule has 3 nitrogen and oxygen atoms in total. The maximum absolute atomic E-state index is 8.65. The number of aliphatic hydroxyl groups is 1. The van der Waals surface area contributed by atoms with E-state index >= 15 is 0 Å². The van der Waals surface area contributed by atoms with Crippen molar-refractivity contribution in [3.8, 4) is 10.4 Å². The van der Waals surface area contributed by atoms with E-state index in [9.17, 15) is 0 Å². The fourth-order valence-corrected chi connectivity index (χ4v) is 2.30. The van der Waals surface area contributed by atoms with Crippen LogP contribution < -0.4 is 5.32 Å². The molecule has 84 valence electrons. The Morgan fingerprint density at radius 3 is 2.81 bits per heavy atom. The largest absolute Gasteiger partial charge is 0.395 e. The third kappa shape index (κ3) is 2.88. The molecule has 0 spiro atoms. The van der Waals surface area contributed by atoms with Gasteiger partial charge in [-0.25, -0.2) is 4.98 Å². The van der Waals surface area contributed by atoms with Crippen LogP contribution in [0.5, 0.6) is 0 Å². The molecule has 1 aromatic carbocycles. The lowest BCUT2D eigenvalue weighted by atomic mass is 10.2. The number of aliphatic hydroxyl groups excluding tert-OH is 1. The summed E-state index contributed by atoms with van der Waals surface area (Å²) in [5, 5.41) is 12.8. The van der Waals surface area contributed by atoms with Crippen LogP contribution in [0.4, 0.5) is 0 Å². The minimum atomic E-state index is 0.164. The minimum absolute atomic E-state index is 0.164. The lowest BCUT2D eigenvalue weighted by molar-refractivity contribution is 0.292. The molecule has 0 saturated heterocycles. The average Bonchev–Trinajstić information content (AvgIpc) is 2.79. The number of nitrogens with zero attached hydrogens (tertiary/aromatic N) is 1. The molecular weight excluding hydrogens is 220 g/mol. The van der Waals surface area contributed by atoms with E-state index in [0.29, 0.717) is 6.54 Å². The van der Waals surface area contributed by atoms with Crippen molar-refractivity contribution >= 4 is 11.3 Å². The summed E-state index contributed by atoms with van der Waals surface area (Å²) >= 11 is 1.68. The van der Waals surface area contributed by atoms with E-state index in [1.165, 1.54) is 10.4 Å². The summed E-state index contributed by atoms with van der Waals surface area (Å²) in [6.45, 7) is 1.50. The number of nitrogens with one attached hydrogen (secondary N) is 1. The standard InChI is InChI=1S/C12H14N2OS/c15-7-6-13-9-12-14-8-11(16-12)10-4-2-1-3-5-10/h1-5,8,13,15H,6-7,9H2. The first-order valence-electron chi connectivity index (χ1n) is 5.22. The zero-order valence-electron chi connectivity index (χ0n) is 8.89. The van der Waals surface area contributed by atoms with E-state index in [1.54, 1.807) is 11.3 Å². The molecular formula is C12H14N2OS. The molecule has 4 heteroatoms. The number of rotatable bonds is 5. The van der Waals surface area contributed by atoms with Crippen molar-refractivity contribution in [2.24, 2.45) is 0 Å². The Balaban J connectivity index is 2.02. The molecule has 0 bridgehead atoms. The van der Waals surface area contributed by atoms with Crippen LogP contribution in [0.25, 0.3) is 10.4 Å². The Bertz CT molecular complexity index is 428. The Hall–Kier alpha value is -1.23. The van der Waals surface area contributed by atoms with Gasteiger partial charge < -0.3 is 10.4 Å². The van der Waals surface area contributed by atoms with Crippen molar-refractivity contribution in [1.29, 1.82) is 0 Å². The molecule has 2 N–H and O–H groups in total. The highest BCUT2D eigenvalue weighted by atomic mass is 32.1. The predicted octanol–water partition coefficient (Wildman–Crippen LogP) is 1.89. The quantitative estimate of drug-likeness (QED) is 0.777. The first kappa shape index (κ1) is 11.3. The Labute approximate surface area is 98.8 Å². The lowest BCUT2D eigenvalue weighted by Gasteiger charge is -1.97. The summed E-state index contributed by atoms with van der Waals surface area (Å²) in [5.74, 6) is 0. The fourth-order valence-electron chi connectivity index (χ4n) is 1.40. The SMILES string of the molecule is OCCNCc1ncc(-c2ccccc2)s1. The average molecular weight is 234 g/mol. The molecule has 0 radical (unpaired) electrons. The first-order valence-corrected chi connectivity index (χ1v) is 6.03. The Kier molecular flexibility index (Phi) is 4.04. The van der Waals surface area contributed by atoms with Gasteiger partial charge >= 0.3 is 0 Å². The van der Waals surface area contributed by atoms with Crippen LogP contribution in [0.3, 0.4) is 0 Å². The summed E-state index contributed by atoms with van der Waals surface area (Å²) in [4.78, 5) is 5.52. The van der Waals surface area contributed by atoms with Crippen molar-refractivity contribution in [3.05, 3.63) is 41.5 Å². The van der Waals surface area contributed by atoms with Gasteiger partial charge in [-0.3, -0.25) is 0 Å². The topological polar surface area (TPSA) is 45.1 Å². The maximum Gasteiger partial charge on any atom is 0.107 e. The van der Waals surface area contributed by atoms with Gasteiger partial charge in [-0.05, 0) is 5.56 Å². The van der Waals surface area contributed by atoms with E-state index in [0.717, 1.165) is 11.6 Å². The summed E-state index contributed by atoms with van der Waals surface area (Å²) in [7, 11) is 0. The van der Waals surface area contributed by atoms with Gasteiger partial charge in [-0.2, -0.15) is 0 Å². The van der Waals surface area contributed by atoms with Crippen molar-refractivity contribution in [1.82, 2.24) is 10.3 Å². The number of thiazole rings is 1. The van der Waals surface area contributed by atoms with Crippen molar-refractivity contribution in [2.75, 3.05) is 13.2 Å². The van der Waals surface area contributed by atoms with Crippen LogP contribution in [0.15, 0.2) is 36.5 Å². The van der Waals surface area contributed by atoms with Gasteiger partial charge in [0.05, 0.1) is 11.5 Å². The predicted molar refractivity (Wildman–Crippen MR) is 66.3 cm³/mol. The van der Waals surface area contributed by atoms with Gasteiger partial charge in [0.1, 0.15) is 5.01 Å². The van der Waals surface area contributed by atoms with E-state index in [4.69, 9.17) is 5.11 Å². The Morgan fingerprint density at radius 2 is 2.06 bits per heavy atom. The molecule has 2 aromatic rings. The highest BCUT2D eigenvalue weighted by Gasteiger charge is 2.03. The molecule has 1 heterocycles. The van der Waals surface area contributed by atoms with Gasteiger partial charge in [0.15, 0.2) is 0 Å². The fraction of sp³-hybridized carbons (Fsp3) is 0.250. The van der Waals surface area contributed by atoms with Crippen LogP contribution in [-0.2, 0) is 6.54 Å². The van der Waals surface area contributed by atoms with Gasteiger partial charge in [-0.15, -0.1) is 11.3 Å². The normalized spacial score (nSPS) is 10.6. The second kappa shape index (κ2) is 5.75. The molecule has 1 aromatic heterocycles.